The van der Waals surface area contributed by atoms with Crippen molar-refractivity contribution in [1.29, 1.82) is 0 Å². The van der Waals surface area contributed by atoms with Crippen molar-refractivity contribution >= 4 is 23.2 Å². The van der Waals surface area contributed by atoms with Gasteiger partial charge in [0.15, 0.2) is 0 Å². The second-order valence-corrected chi connectivity index (χ2v) is 6.41. The summed E-state index contributed by atoms with van der Waals surface area (Å²) in [4.78, 5) is 0. The van der Waals surface area contributed by atoms with E-state index in [1.807, 2.05) is 18.2 Å². The van der Waals surface area contributed by atoms with Crippen LogP contribution in [0.1, 0.15) is 42.5 Å². The van der Waals surface area contributed by atoms with Crippen LogP contribution in [0.2, 0.25) is 10.0 Å². The highest BCUT2D eigenvalue weighted by Crippen LogP contribution is 2.32. The summed E-state index contributed by atoms with van der Waals surface area (Å²) in [6, 6.07) is 6.31. The SMILES string of the molecule is CCNC1CCCc2cn(Cc3cccc(Cl)c3Cl)cc21. The molecule has 0 fully saturated rings. The third kappa shape index (κ3) is 3.13. The molecule has 0 spiro atoms. The largest absolute Gasteiger partial charge is 0.349 e. The number of halogens is 2. The van der Waals surface area contributed by atoms with Crippen LogP contribution < -0.4 is 5.32 Å². The van der Waals surface area contributed by atoms with Gasteiger partial charge in [-0.25, -0.2) is 0 Å². The van der Waals surface area contributed by atoms with Gasteiger partial charge in [-0.3, -0.25) is 0 Å². The summed E-state index contributed by atoms with van der Waals surface area (Å²) in [7, 11) is 0. The summed E-state index contributed by atoms with van der Waals surface area (Å²) < 4.78 is 2.23. The summed E-state index contributed by atoms with van der Waals surface area (Å²) in [5, 5.41) is 4.86. The van der Waals surface area contributed by atoms with Crippen LogP contribution in [0.15, 0.2) is 30.6 Å². The van der Waals surface area contributed by atoms with Gasteiger partial charge in [0, 0.05) is 25.0 Å². The molecule has 1 aliphatic rings. The Morgan fingerprint density at radius 2 is 2.14 bits per heavy atom. The molecule has 21 heavy (non-hydrogen) atoms. The number of aromatic nitrogens is 1. The first-order chi connectivity index (χ1) is 10.2. The van der Waals surface area contributed by atoms with Gasteiger partial charge in [-0.15, -0.1) is 0 Å². The maximum atomic E-state index is 6.29. The average molecular weight is 323 g/mol. The minimum Gasteiger partial charge on any atom is -0.349 e. The Hall–Kier alpha value is -0.960. The number of hydrogen-bond donors (Lipinski definition) is 1. The Morgan fingerprint density at radius 3 is 2.95 bits per heavy atom. The molecule has 1 aromatic carbocycles. The van der Waals surface area contributed by atoms with Crippen molar-refractivity contribution in [3.05, 3.63) is 57.3 Å². The van der Waals surface area contributed by atoms with Gasteiger partial charge in [0.2, 0.25) is 0 Å². The number of fused-ring (bicyclic) bond motifs is 1. The van der Waals surface area contributed by atoms with E-state index in [9.17, 15) is 0 Å². The zero-order valence-corrected chi connectivity index (χ0v) is 13.7. The summed E-state index contributed by atoms with van der Waals surface area (Å²) in [6.07, 6.45) is 8.18. The van der Waals surface area contributed by atoms with Crippen LogP contribution in [-0.2, 0) is 13.0 Å². The fraction of sp³-hybridized carbons (Fsp3) is 0.412. The van der Waals surface area contributed by atoms with E-state index in [4.69, 9.17) is 23.2 Å². The number of benzene rings is 1. The number of aryl methyl sites for hydroxylation is 1. The zero-order valence-electron chi connectivity index (χ0n) is 12.2. The van der Waals surface area contributed by atoms with Crippen LogP contribution in [0.5, 0.6) is 0 Å². The summed E-state index contributed by atoms with van der Waals surface area (Å²) >= 11 is 12.4. The van der Waals surface area contributed by atoms with E-state index in [-0.39, 0.29) is 0 Å². The molecule has 1 heterocycles. The molecule has 0 saturated heterocycles. The van der Waals surface area contributed by atoms with E-state index in [1.54, 1.807) is 0 Å². The van der Waals surface area contributed by atoms with E-state index in [0.29, 0.717) is 16.1 Å². The molecular formula is C17H20Cl2N2. The second kappa shape index (κ2) is 6.43. The molecule has 0 aliphatic heterocycles. The maximum absolute atomic E-state index is 6.29. The highest BCUT2D eigenvalue weighted by atomic mass is 35.5. The molecule has 1 N–H and O–H groups in total. The molecule has 0 bridgehead atoms. The van der Waals surface area contributed by atoms with Crippen molar-refractivity contribution in [3.8, 4) is 0 Å². The van der Waals surface area contributed by atoms with Crippen molar-refractivity contribution in [3.63, 3.8) is 0 Å². The predicted molar refractivity (Wildman–Crippen MR) is 89.4 cm³/mol. The molecule has 4 heteroatoms. The first-order valence-electron chi connectivity index (χ1n) is 7.54. The quantitative estimate of drug-likeness (QED) is 0.853. The minimum absolute atomic E-state index is 0.495. The van der Waals surface area contributed by atoms with Gasteiger partial charge in [0.1, 0.15) is 0 Å². The van der Waals surface area contributed by atoms with Crippen molar-refractivity contribution in [2.45, 2.75) is 38.8 Å². The molecule has 0 amide bonds. The molecule has 0 saturated carbocycles. The molecule has 2 nitrogen and oxygen atoms in total. The Balaban J connectivity index is 1.86. The Bertz CT molecular complexity index is 634. The molecule has 1 aliphatic carbocycles. The number of hydrogen-bond acceptors (Lipinski definition) is 1. The van der Waals surface area contributed by atoms with Crippen LogP contribution in [0.4, 0.5) is 0 Å². The van der Waals surface area contributed by atoms with Crippen LogP contribution in [0.3, 0.4) is 0 Å². The highest BCUT2D eigenvalue weighted by molar-refractivity contribution is 6.42. The van der Waals surface area contributed by atoms with Gasteiger partial charge in [0.05, 0.1) is 10.0 Å². The van der Waals surface area contributed by atoms with Gasteiger partial charge < -0.3 is 9.88 Å². The second-order valence-electron chi connectivity index (χ2n) is 5.63. The van der Waals surface area contributed by atoms with E-state index >= 15 is 0 Å². The van der Waals surface area contributed by atoms with Crippen molar-refractivity contribution in [2.24, 2.45) is 0 Å². The standard InChI is InChI=1S/C17H20Cl2N2/c1-2-20-16-8-4-5-12-9-21(11-14(12)16)10-13-6-3-7-15(18)17(13)19/h3,6-7,9,11,16,20H,2,4-5,8,10H2,1H3. The Morgan fingerprint density at radius 1 is 1.29 bits per heavy atom. The lowest BCUT2D eigenvalue weighted by Crippen LogP contribution is -2.23. The Labute approximate surface area is 136 Å². The lowest BCUT2D eigenvalue weighted by atomic mass is 9.91. The van der Waals surface area contributed by atoms with Crippen molar-refractivity contribution < 1.29 is 0 Å². The normalized spacial score (nSPS) is 17.8. The molecule has 3 rings (SSSR count). The van der Waals surface area contributed by atoms with Gasteiger partial charge in [-0.1, -0.05) is 42.3 Å². The molecule has 0 radical (unpaired) electrons. The van der Waals surface area contributed by atoms with Gasteiger partial charge >= 0.3 is 0 Å². The number of rotatable bonds is 4. The first-order valence-corrected chi connectivity index (χ1v) is 8.29. The number of nitrogens with one attached hydrogen (secondary N) is 1. The Kier molecular flexibility index (Phi) is 4.58. The van der Waals surface area contributed by atoms with Gasteiger partial charge in [-0.2, -0.15) is 0 Å². The molecule has 1 unspecified atom stereocenters. The van der Waals surface area contributed by atoms with Gasteiger partial charge in [-0.05, 0) is 48.6 Å². The van der Waals surface area contributed by atoms with E-state index in [2.05, 4.69) is 29.2 Å². The smallest absolute Gasteiger partial charge is 0.0642 e. The number of nitrogens with zero attached hydrogens (tertiary/aromatic N) is 1. The fourth-order valence-corrected chi connectivity index (χ4v) is 3.55. The summed E-state index contributed by atoms with van der Waals surface area (Å²) in [5.41, 5.74) is 3.98. The highest BCUT2D eigenvalue weighted by Gasteiger charge is 2.21. The van der Waals surface area contributed by atoms with Crippen molar-refractivity contribution in [1.82, 2.24) is 9.88 Å². The molecular weight excluding hydrogens is 303 g/mol. The van der Waals surface area contributed by atoms with Crippen LogP contribution in [0.25, 0.3) is 0 Å². The lowest BCUT2D eigenvalue weighted by molar-refractivity contribution is 0.473. The monoisotopic (exact) mass is 322 g/mol. The van der Waals surface area contributed by atoms with Crippen molar-refractivity contribution in [2.75, 3.05) is 6.54 Å². The minimum atomic E-state index is 0.495. The summed E-state index contributed by atoms with van der Waals surface area (Å²) in [6.45, 7) is 3.94. The summed E-state index contributed by atoms with van der Waals surface area (Å²) in [5.74, 6) is 0. The van der Waals surface area contributed by atoms with E-state index in [1.165, 1.54) is 30.4 Å². The van der Waals surface area contributed by atoms with E-state index in [0.717, 1.165) is 18.7 Å². The lowest BCUT2D eigenvalue weighted by Gasteiger charge is -2.22. The average Bonchev–Trinajstić information content (AvgIpc) is 2.88. The third-order valence-electron chi connectivity index (χ3n) is 4.15. The van der Waals surface area contributed by atoms with E-state index < -0.39 is 0 Å². The van der Waals surface area contributed by atoms with Gasteiger partial charge in [0.25, 0.3) is 0 Å². The third-order valence-corrected chi connectivity index (χ3v) is 5.00. The zero-order chi connectivity index (χ0) is 14.8. The molecule has 1 atom stereocenters. The fourth-order valence-electron chi connectivity index (χ4n) is 3.17. The van der Waals surface area contributed by atoms with Crippen LogP contribution in [0, 0.1) is 0 Å². The van der Waals surface area contributed by atoms with Crippen LogP contribution in [-0.4, -0.2) is 11.1 Å². The molecule has 1 aromatic heterocycles. The first kappa shape index (κ1) is 15.0. The predicted octanol–water partition coefficient (Wildman–Crippen LogP) is 4.83. The maximum Gasteiger partial charge on any atom is 0.0642 e. The topological polar surface area (TPSA) is 17.0 Å². The molecule has 2 aromatic rings. The van der Waals surface area contributed by atoms with Crippen LogP contribution >= 0.6 is 23.2 Å². The molecule has 112 valence electrons.